The fraction of sp³-hybridized carbons (Fsp3) is 0.583. The molecule has 130 valence electrons. The number of thiazole rings is 1. The summed E-state index contributed by atoms with van der Waals surface area (Å²) in [6.07, 6.45) is -0.257. The van der Waals surface area contributed by atoms with Crippen LogP contribution in [0.15, 0.2) is 10.5 Å². The molecule has 0 spiro atoms. The minimum absolute atomic E-state index is 0.00593. The lowest BCUT2D eigenvalue weighted by Crippen LogP contribution is -2.16. The minimum Gasteiger partial charge on any atom is -0.301 e. The Labute approximate surface area is 143 Å². The van der Waals surface area contributed by atoms with Gasteiger partial charge in [0, 0.05) is 5.38 Å². The van der Waals surface area contributed by atoms with Crippen molar-refractivity contribution < 1.29 is 18.0 Å². The van der Waals surface area contributed by atoms with E-state index in [4.69, 9.17) is 0 Å². The quantitative estimate of drug-likeness (QED) is 0.805. The van der Waals surface area contributed by atoms with Crippen molar-refractivity contribution in [3.63, 3.8) is 0 Å². The molecule has 0 unspecified atom stereocenters. The van der Waals surface area contributed by atoms with Crippen LogP contribution in [0, 0.1) is 0 Å². The van der Waals surface area contributed by atoms with Gasteiger partial charge in [0.25, 0.3) is 0 Å². The summed E-state index contributed by atoms with van der Waals surface area (Å²) in [5, 5.41) is 15.2. The SMILES string of the molecule is O=C(CSc1nnnn1C1CCCC1)Nc1nc(C(F)(F)F)cs1. The van der Waals surface area contributed by atoms with Gasteiger partial charge in [0.05, 0.1) is 11.8 Å². The molecule has 1 saturated carbocycles. The third-order valence-electron chi connectivity index (χ3n) is 3.51. The van der Waals surface area contributed by atoms with E-state index in [9.17, 15) is 18.0 Å². The first-order chi connectivity index (χ1) is 11.4. The normalized spacial score (nSPS) is 15.8. The van der Waals surface area contributed by atoms with Gasteiger partial charge in [-0.2, -0.15) is 13.2 Å². The number of nitrogens with one attached hydrogen (secondary N) is 1. The zero-order valence-corrected chi connectivity index (χ0v) is 13.9. The number of nitrogens with zero attached hydrogens (tertiary/aromatic N) is 5. The maximum absolute atomic E-state index is 12.5. The molecule has 0 radical (unpaired) electrons. The van der Waals surface area contributed by atoms with Crippen LogP contribution in [0.5, 0.6) is 0 Å². The number of thioether (sulfide) groups is 1. The molecule has 7 nitrogen and oxygen atoms in total. The maximum atomic E-state index is 12.5. The summed E-state index contributed by atoms with van der Waals surface area (Å²) in [4.78, 5) is 15.2. The zero-order valence-electron chi connectivity index (χ0n) is 12.3. The highest BCUT2D eigenvalue weighted by Gasteiger charge is 2.34. The number of aromatic nitrogens is 5. The molecule has 24 heavy (non-hydrogen) atoms. The van der Waals surface area contributed by atoms with Crippen molar-refractivity contribution in [3.05, 3.63) is 11.1 Å². The van der Waals surface area contributed by atoms with E-state index in [1.54, 1.807) is 4.68 Å². The van der Waals surface area contributed by atoms with Crippen LogP contribution in [0.25, 0.3) is 0 Å². The van der Waals surface area contributed by atoms with Crippen molar-refractivity contribution in [1.82, 2.24) is 25.2 Å². The number of carbonyl (C=O) groups excluding carboxylic acids is 1. The van der Waals surface area contributed by atoms with E-state index in [-0.39, 0.29) is 16.9 Å². The number of carbonyl (C=O) groups is 1. The molecule has 1 aliphatic carbocycles. The molecule has 12 heteroatoms. The number of tetrazole rings is 1. The van der Waals surface area contributed by atoms with Crippen molar-refractivity contribution >= 4 is 34.1 Å². The van der Waals surface area contributed by atoms with Crippen LogP contribution in [-0.4, -0.2) is 36.9 Å². The molecule has 0 aliphatic heterocycles. The molecule has 0 aromatic carbocycles. The first-order valence-corrected chi connectivity index (χ1v) is 9.03. The van der Waals surface area contributed by atoms with E-state index in [1.165, 1.54) is 0 Å². The van der Waals surface area contributed by atoms with Crippen molar-refractivity contribution in [1.29, 1.82) is 0 Å². The first kappa shape index (κ1) is 17.1. The summed E-state index contributed by atoms with van der Waals surface area (Å²) in [6, 6.07) is 0.249. The molecule has 2 aromatic heterocycles. The predicted octanol–water partition coefficient (Wildman–Crippen LogP) is 2.99. The van der Waals surface area contributed by atoms with E-state index in [0.29, 0.717) is 5.16 Å². The largest absolute Gasteiger partial charge is 0.434 e. The fourth-order valence-corrected chi connectivity index (χ4v) is 3.88. The highest BCUT2D eigenvalue weighted by molar-refractivity contribution is 7.99. The first-order valence-electron chi connectivity index (χ1n) is 7.17. The molecule has 1 fully saturated rings. The molecule has 0 bridgehead atoms. The summed E-state index contributed by atoms with van der Waals surface area (Å²) in [7, 11) is 0. The Morgan fingerprint density at radius 2 is 2.17 bits per heavy atom. The molecule has 0 atom stereocenters. The van der Waals surface area contributed by atoms with Crippen LogP contribution >= 0.6 is 23.1 Å². The third kappa shape index (κ3) is 4.04. The summed E-state index contributed by atoms with van der Waals surface area (Å²) in [6.45, 7) is 0. The highest BCUT2D eigenvalue weighted by Crippen LogP contribution is 2.32. The molecule has 1 N–H and O–H groups in total. The van der Waals surface area contributed by atoms with Crippen LogP contribution in [-0.2, 0) is 11.0 Å². The van der Waals surface area contributed by atoms with Gasteiger partial charge >= 0.3 is 6.18 Å². The summed E-state index contributed by atoms with van der Waals surface area (Å²) >= 11 is 1.88. The van der Waals surface area contributed by atoms with Gasteiger partial charge in [0.2, 0.25) is 11.1 Å². The molecular formula is C12H13F3N6OS2. The molecule has 0 saturated heterocycles. The van der Waals surface area contributed by atoms with Gasteiger partial charge in [-0.05, 0) is 23.3 Å². The molecule has 2 heterocycles. The van der Waals surface area contributed by atoms with E-state index in [2.05, 4.69) is 25.8 Å². The summed E-state index contributed by atoms with van der Waals surface area (Å²) in [5.41, 5.74) is -1.01. The second kappa shape index (κ2) is 7.05. The number of amides is 1. The monoisotopic (exact) mass is 378 g/mol. The fourth-order valence-electron chi connectivity index (χ4n) is 2.41. The Kier molecular flexibility index (Phi) is 5.04. The van der Waals surface area contributed by atoms with Gasteiger partial charge in [-0.15, -0.1) is 16.4 Å². The van der Waals surface area contributed by atoms with Crippen molar-refractivity contribution in [3.8, 4) is 0 Å². The van der Waals surface area contributed by atoms with E-state index >= 15 is 0 Å². The Hall–Kier alpha value is -1.69. The number of hydrogen-bond acceptors (Lipinski definition) is 7. The van der Waals surface area contributed by atoms with Gasteiger partial charge in [-0.3, -0.25) is 4.79 Å². The molecule has 2 aromatic rings. The van der Waals surface area contributed by atoms with Gasteiger partial charge in [-0.1, -0.05) is 24.6 Å². The van der Waals surface area contributed by atoms with Crippen LogP contribution in [0.2, 0.25) is 0 Å². The number of hydrogen-bond donors (Lipinski definition) is 1. The van der Waals surface area contributed by atoms with Gasteiger partial charge < -0.3 is 5.32 Å². The number of rotatable bonds is 5. The second-order valence-corrected chi connectivity index (χ2v) is 7.02. The number of alkyl halides is 3. The second-order valence-electron chi connectivity index (χ2n) is 5.22. The Morgan fingerprint density at radius 1 is 1.42 bits per heavy atom. The Bertz CT molecular complexity index is 710. The van der Waals surface area contributed by atoms with E-state index in [1.807, 2.05) is 0 Å². The Morgan fingerprint density at radius 3 is 2.83 bits per heavy atom. The van der Waals surface area contributed by atoms with E-state index < -0.39 is 17.8 Å². The van der Waals surface area contributed by atoms with Gasteiger partial charge in [-0.25, -0.2) is 9.67 Å². The van der Waals surface area contributed by atoms with Crippen LogP contribution in [0.4, 0.5) is 18.3 Å². The summed E-state index contributed by atoms with van der Waals surface area (Å²) < 4.78 is 39.1. The van der Waals surface area contributed by atoms with E-state index in [0.717, 1.165) is 54.2 Å². The lowest BCUT2D eigenvalue weighted by Gasteiger charge is -2.10. The van der Waals surface area contributed by atoms with Crippen molar-refractivity contribution in [2.75, 3.05) is 11.1 Å². The average Bonchev–Trinajstić information content (AvgIpc) is 3.24. The highest BCUT2D eigenvalue weighted by atomic mass is 32.2. The zero-order chi connectivity index (χ0) is 17.2. The third-order valence-corrected chi connectivity index (χ3v) is 5.20. The molecular weight excluding hydrogens is 365 g/mol. The standard InChI is InChI=1S/C12H13F3N6OS2/c13-12(14,15)8-5-23-10(16-8)17-9(22)6-24-11-18-19-20-21(11)7-3-1-2-4-7/h5,7H,1-4,6H2,(H,16,17,22). The lowest BCUT2D eigenvalue weighted by molar-refractivity contribution is -0.140. The van der Waals surface area contributed by atoms with Crippen LogP contribution < -0.4 is 5.32 Å². The van der Waals surface area contributed by atoms with Gasteiger partial charge in [0.1, 0.15) is 0 Å². The van der Waals surface area contributed by atoms with Gasteiger partial charge in [0.15, 0.2) is 10.8 Å². The summed E-state index contributed by atoms with van der Waals surface area (Å²) in [5.74, 6) is -0.461. The topological polar surface area (TPSA) is 85.6 Å². The molecule has 3 rings (SSSR count). The Balaban J connectivity index is 1.55. The average molecular weight is 378 g/mol. The lowest BCUT2D eigenvalue weighted by atomic mass is 10.3. The van der Waals surface area contributed by atoms with Crippen LogP contribution in [0.3, 0.4) is 0 Å². The van der Waals surface area contributed by atoms with Crippen molar-refractivity contribution in [2.24, 2.45) is 0 Å². The molecule has 1 amide bonds. The smallest absolute Gasteiger partial charge is 0.301 e. The molecule has 1 aliphatic rings. The predicted molar refractivity (Wildman–Crippen MR) is 81.8 cm³/mol. The number of halogens is 3. The van der Waals surface area contributed by atoms with Crippen molar-refractivity contribution in [2.45, 2.75) is 43.1 Å². The van der Waals surface area contributed by atoms with Crippen LogP contribution in [0.1, 0.15) is 37.4 Å². The maximum Gasteiger partial charge on any atom is 0.434 e. The minimum atomic E-state index is -4.52. The number of anilines is 1.